The van der Waals surface area contributed by atoms with Crippen LogP contribution in [0.1, 0.15) is 15.9 Å². The van der Waals surface area contributed by atoms with Gasteiger partial charge in [0, 0.05) is 11.1 Å². The van der Waals surface area contributed by atoms with Crippen LogP contribution >= 0.6 is 0 Å². The fraction of sp³-hybridized carbons (Fsp3) is 0.118. The molecule has 0 atom stereocenters. The zero-order chi connectivity index (χ0) is 16.5. The minimum Gasteiger partial charge on any atom is -0.497 e. The van der Waals surface area contributed by atoms with E-state index in [0.717, 1.165) is 0 Å². The molecule has 0 aromatic heterocycles. The topological polar surface area (TPSA) is 83.7 Å². The van der Waals surface area contributed by atoms with Crippen molar-refractivity contribution < 1.29 is 14.3 Å². The Balaban J connectivity index is 2.01. The first-order valence-electron chi connectivity index (χ1n) is 6.81. The number of carbonyl (C=O) groups is 1. The number of rotatable bonds is 6. The third kappa shape index (κ3) is 4.58. The highest BCUT2D eigenvalue weighted by Gasteiger charge is 2.04. The zero-order valence-electron chi connectivity index (χ0n) is 12.5. The normalized spacial score (nSPS) is 10.1. The molecule has 0 bridgehead atoms. The maximum atomic E-state index is 12.0. The number of para-hydroxylation sites is 1. The van der Waals surface area contributed by atoms with Gasteiger partial charge in [-0.25, -0.2) is 5.43 Å². The van der Waals surface area contributed by atoms with Gasteiger partial charge in [0.2, 0.25) is 0 Å². The molecule has 6 heteroatoms. The summed E-state index contributed by atoms with van der Waals surface area (Å²) in [6.07, 6.45) is 1.47. The summed E-state index contributed by atoms with van der Waals surface area (Å²) in [5, 5.41) is 12.5. The van der Waals surface area contributed by atoms with Crippen LogP contribution in [0.25, 0.3) is 0 Å². The van der Waals surface area contributed by atoms with Crippen LogP contribution in [0.2, 0.25) is 0 Å². The minimum atomic E-state index is -0.334. The number of ether oxygens (including phenoxy) is 2. The molecule has 1 amide bonds. The van der Waals surface area contributed by atoms with Gasteiger partial charge in [0.25, 0.3) is 5.91 Å². The lowest BCUT2D eigenvalue weighted by Gasteiger charge is -2.05. The second-order valence-corrected chi connectivity index (χ2v) is 4.41. The summed E-state index contributed by atoms with van der Waals surface area (Å²) in [4.78, 5) is 12.0. The number of hydrogen-bond acceptors (Lipinski definition) is 5. The van der Waals surface area contributed by atoms with E-state index in [1.807, 2.05) is 12.1 Å². The maximum absolute atomic E-state index is 12.0. The molecule has 6 nitrogen and oxygen atoms in total. The molecule has 1 N–H and O–H groups in total. The quantitative estimate of drug-likeness (QED) is 0.656. The van der Waals surface area contributed by atoms with Gasteiger partial charge in [-0.1, -0.05) is 12.1 Å². The Bertz CT molecular complexity index is 733. The van der Waals surface area contributed by atoms with Crippen LogP contribution in [-0.2, 0) is 0 Å². The molecule has 116 valence electrons. The third-order valence-electron chi connectivity index (χ3n) is 2.93. The van der Waals surface area contributed by atoms with Gasteiger partial charge in [0.05, 0.1) is 13.3 Å². The molecule has 2 rings (SSSR count). The van der Waals surface area contributed by atoms with E-state index in [4.69, 9.17) is 14.7 Å². The van der Waals surface area contributed by atoms with Crippen LogP contribution in [0.5, 0.6) is 11.5 Å². The molecule has 2 aromatic rings. The fourth-order valence-corrected chi connectivity index (χ4v) is 1.80. The van der Waals surface area contributed by atoms with Crippen molar-refractivity contribution in [3.63, 3.8) is 0 Å². The van der Waals surface area contributed by atoms with Gasteiger partial charge in [-0.15, -0.1) is 0 Å². The standard InChI is InChI=1S/C17H15N3O3/c1-22-15-8-6-13(7-9-15)17(21)20-19-12-14-4-2-3-5-16(14)23-11-10-18/h2-9,12H,11H2,1H3,(H,20,21)/b19-12+. The lowest BCUT2D eigenvalue weighted by molar-refractivity contribution is 0.0955. The SMILES string of the molecule is COc1ccc(C(=O)N/N=C/c2ccccc2OCC#N)cc1. The molecule has 0 fully saturated rings. The van der Waals surface area contributed by atoms with E-state index in [0.29, 0.717) is 22.6 Å². The predicted octanol–water partition coefficient (Wildman–Crippen LogP) is 2.36. The highest BCUT2D eigenvalue weighted by atomic mass is 16.5. The van der Waals surface area contributed by atoms with Crippen LogP contribution in [0, 0.1) is 11.3 Å². The molecule has 23 heavy (non-hydrogen) atoms. The Hall–Kier alpha value is -3.33. The molecule has 0 aliphatic heterocycles. The van der Waals surface area contributed by atoms with Gasteiger partial charge in [-0.05, 0) is 36.4 Å². The van der Waals surface area contributed by atoms with E-state index < -0.39 is 0 Å². The van der Waals surface area contributed by atoms with Crippen molar-refractivity contribution in [1.29, 1.82) is 5.26 Å². The number of nitrogens with one attached hydrogen (secondary N) is 1. The van der Waals surface area contributed by atoms with Crippen LogP contribution in [-0.4, -0.2) is 25.8 Å². The Kier molecular flexibility index (Phi) is 5.72. The maximum Gasteiger partial charge on any atom is 0.271 e. The summed E-state index contributed by atoms with van der Waals surface area (Å²) in [5.41, 5.74) is 3.57. The molecule has 0 spiro atoms. The summed E-state index contributed by atoms with van der Waals surface area (Å²) in [6.45, 7) is -0.0525. The number of methoxy groups -OCH3 is 1. The van der Waals surface area contributed by atoms with E-state index in [1.165, 1.54) is 6.21 Å². The summed E-state index contributed by atoms with van der Waals surface area (Å²) in [5.74, 6) is 0.865. The Labute approximate surface area is 134 Å². The van der Waals surface area contributed by atoms with Gasteiger partial charge in [-0.2, -0.15) is 10.4 Å². The van der Waals surface area contributed by atoms with E-state index in [-0.39, 0.29) is 12.5 Å². The summed E-state index contributed by atoms with van der Waals surface area (Å²) in [6, 6.07) is 15.7. The number of amides is 1. The molecule has 0 saturated carbocycles. The number of hydrogen-bond donors (Lipinski definition) is 1. The molecule has 0 saturated heterocycles. The first-order valence-corrected chi connectivity index (χ1v) is 6.81. The Morgan fingerprint density at radius 1 is 1.26 bits per heavy atom. The molecule has 0 heterocycles. The van der Waals surface area contributed by atoms with Crippen LogP contribution in [0.4, 0.5) is 0 Å². The Morgan fingerprint density at radius 3 is 2.70 bits per heavy atom. The predicted molar refractivity (Wildman–Crippen MR) is 85.6 cm³/mol. The van der Waals surface area contributed by atoms with E-state index in [2.05, 4.69) is 10.5 Å². The smallest absolute Gasteiger partial charge is 0.271 e. The van der Waals surface area contributed by atoms with Crippen LogP contribution in [0.3, 0.4) is 0 Å². The van der Waals surface area contributed by atoms with E-state index >= 15 is 0 Å². The van der Waals surface area contributed by atoms with Crippen molar-refractivity contribution in [2.45, 2.75) is 0 Å². The monoisotopic (exact) mass is 309 g/mol. The van der Waals surface area contributed by atoms with Crippen LogP contribution < -0.4 is 14.9 Å². The van der Waals surface area contributed by atoms with Crippen molar-refractivity contribution in [3.05, 3.63) is 59.7 Å². The second-order valence-electron chi connectivity index (χ2n) is 4.41. The zero-order valence-corrected chi connectivity index (χ0v) is 12.5. The summed E-state index contributed by atoms with van der Waals surface area (Å²) in [7, 11) is 1.56. The third-order valence-corrected chi connectivity index (χ3v) is 2.93. The van der Waals surface area contributed by atoms with Gasteiger partial charge in [-0.3, -0.25) is 4.79 Å². The number of nitrogens with zero attached hydrogens (tertiary/aromatic N) is 2. The van der Waals surface area contributed by atoms with Crippen molar-refractivity contribution in [2.75, 3.05) is 13.7 Å². The largest absolute Gasteiger partial charge is 0.497 e. The first kappa shape index (κ1) is 16.0. The molecule has 0 unspecified atom stereocenters. The van der Waals surface area contributed by atoms with E-state index in [1.54, 1.807) is 49.6 Å². The highest BCUT2D eigenvalue weighted by Crippen LogP contribution is 2.15. The van der Waals surface area contributed by atoms with E-state index in [9.17, 15) is 4.79 Å². The Morgan fingerprint density at radius 2 is 2.00 bits per heavy atom. The summed E-state index contributed by atoms with van der Waals surface area (Å²) >= 11 is 0. The number of nitriles is 1. The van der Waals surface area contributed by atoms with Crippen LogP contribution in [0.15, 0.2) is 53.6 Å². The molecule has 0 aliphatic carbocycles. The lowest BCUT2D eigenvalue weighted by atomic mass is 10.2. The molecule has 0 radical (unpaired) electrons. The molecule has 0 aliphatic rings. The molecular weight excluding hydrogens is 294 g/mol. The number of carbonyl (C=O) groups excluding carboxylic acids is 1. The average molecular weight is 309 g/mol. The van der Waals surface area contributed by atoms with Crippen molar-refractivity contribution in [2.24, 2.45) is 5.10 Å². The number of hydrazone groups is 1. The van der Waals surface area contributed by atoms with Gasteiger partial charge in [0.1, 0.15) is 17.6 Å². The number of benzene rings is 2. The first-order chi connectivity index (χ1) is 11.2. The average Bonchev–Trinajstić information content (AvgIpc) is 2.61. The van der Waals surface area contributed by atoms with Crippen molar-refractivity contribution >= 4 is 12.1 Å². The van der Waals surface area contributed by atoms with Crippen molar-refractivity contribution in [1.82, 2.24) is 5.43 Å². The summed E-state index contributed by atoms with van der Waals surface area (Å²) < 4.78 is 10.3. The van der Waals surface area contributed by atoms with Gasteiger partial charge < -0.3 is 9.47 Å². The minimum absolute atomic E-state index is 0.0525. The highest BCUT2D eigenvalue weighted by molar-refractivity contribution is 5.95. The molecule has 2 aromatic carbocycles. The van der Waals surface area contributed by atoms with Crippen molar-refractivity contribution in [3.8, 4) is 17.6 Å². The van der Waals surface area contributed by atoms with Gasteiger partial charge >= 0.3 is 0 Å². The lowest BCUT2D eigenvalue weighted by Crippen LogP contribution is -2.17. The second kappa shape index (κ2) is 8.20. The molecular formula is C17H15N3O3. The van der Waals surface area contributed by atoms with Gasteiger partial charge in [0.15, 0.2) is 6.61 Å². The fourth-order valence-electron chi connectivity index (χ4n) is 1.80.